The zero-order valence-corrected chi connectivity index (χ0v) is 15.1. The number of aryl methyl sites for hydroxylation is 2. The summed E-state index contributed by atoms with van der Waals surface area (Å²) in [6, 6.07) is 6.38. The average Bonchev–Trinajstić information content (AvgIpc) is 3.37. The summed E-state index contributed by atoms with van der Waals surface area (Å²) in [7, 11) is 3.64. The smallest absolute Gasteiger partial charge is 0.260 e. The molecule has 3 rings (SSSR count). The van der Waals surface area contributed by atoms with Gasteiger partial charge >= 0.3 is 0 Å². The van der Waals surface area contributed by atoms with E-state index in [2.05, 4.69) is 5.10 Å². The van der Waals surface area contributed by atoms with Crippen molar-refractivity contribution in [3.05, 3.63) is 47.0 Å². The summed E-state index contributed by atoms with van der Waals surface area (Å²) < 4.78 is 20.7. The van der Waals surface area contributed by atoms with E-state index in [0.29, 0.717) is 11.7 Å². The lowest BCUT2D eigenvalue weighted by atomic mass is 10.0. The Hall–Kier alpha value is -2.37. The van der Waals surface area contributed by atoms with Gasteiger partial charge in [-0.3, -0.25) is 9.48 Å². The number of nitrogens with zero attached hydrogens (tertiary/aromatic N) is 3. The van der Waals surface area contributed by atoms with Crippen LogP contribution in [0.3, 0.4) is 0 Å². The van der Waals surface area contributed by atoms with Crippen LogP contribution in [0.15, 0.2) is 24.3 Å². The second-order valence-electron chi connectivity index (χ2n) is 6.75. The first-order valence-corrected chi connectivity index (χ1v) is 8.52. The van der Waals surface area contributed by atoms with Gasteiger partial charge in [0.25, 0.3) is 5.91 Å². The Morgan fingerprint density at radius 1 is 1.36 bits per heavy atom. The second kappa shape index (κ2) is 6.86. The fourth-order valence-electron chi connectivity index (χ4n) is 3.24. The highest BCUT2D eigenvalue weighted by Crippen LogP contribution is 2.44. The molecule has 0 aliphatic heterocycles. The van der Waals surface area contributed by atoms with Gasteiger partial charge in [0.15, 0.2) is 12.4 Å². The Balaban J connectivity index is 1.70. The number of amides is 1. The van der Waals surface area contributed by atoms with Crippen molar-refractivity contribution in [3.8, 4) is 5.75 Å². The van der Waals surface area contributed by atoms with Gasteiger partial charge in [0, 0.05) is 14.1 Å². The number of aromatic nitrogens is 2. The van der Waals surface area contributed by atoms with Gasteiger partial charge in [0.2, 0.25) is 0 Å². The Labute approximate surface area is 147 Å². The van der Waals surface area contributed by atoms with Gasteiger partial charge in [-0.05, 0) is 50.3 Å². The van der Waals surface area contributed by atoms with E-state index in [0.717, 1.165) is 29.8 Å². The fraction of sp³-hybridized carbons (Fsp3) is 0.474. The molecule has 1 fully saturated rings. The molecule has 1 aromatic heterocycles. The standard InChI is InChI=1S/C19H24FN3O2/c1-12-19(13(2)23(4)21-12)25-11-17(24)22(3)18(14-5-6-14)15-7-9-16(20)10-8-15/h7-10,14,18H,5-6,11H2,1-4H3/t18-/m0/s1. The molecule has 1 aliphatic carbocycles. The van der Waals surface area contributed by atoms with E-state index in [1.165, 1.54) is 12.1 Å². The minimum atomic E-state index is -0.266. The number of halogens is 1. The van der Waals surface area contributed by atoms with Crippen molar-refractivity contribution >= 4 is 5.91 Å². The maximum Gasteiger partial charge on any atom is 0.260 e. The fourth-order valence-corrected chi connectivity index (χ4v) is 3.24. The first kappa shape index (κ1) is 17.5. The Morgan fingerprint density at radius 2 is 2.00 bits per heavy atom. The third kappa shape index (κ3) is 3.67. The molecule has 2 aromatic rings. The van der Waals surface area contributed by atoms with Crippen molar-refractivity contribution in [2.24, 2.45) is 13.0 Å². The summed E-state index contributed by atoms with van der Waals surface area (Å²) in [4.78, 5) is 14.4. The van der Waals surface area contributed by atoms with Crippen LogP contribution in [-0.2, 0) is 11.8 Å². The van der Waals surface area contributed by atoms with Gasteiger partial charge in [0.1, 0.15) is 11.5 Å². The predicted octanol–water partition coefficient (Wildman–Crippen LogP) is 3.16. The van der Waals surface area contributed by atoms with Crippen LogP contribution in [0, 0.1) is 25.6 Å². The number of rotatable bonds is 6. The van der Waals surface area contributed by atoms with Gasteiger partial charge in [-0.2, -0.15) is 5.10 Å². The summed E-state index contributed by atoms with van der Waals surface area (Å²) in [6.07, 6.45) is 2.17. The van der Waals surface area contributed by atoms with Gasteiger partial charge in [-0.25, -0.2) is 4.39 Å². The molecule has 0 unspecified atom stereocenters. The summed E-state index contributed by atoms with van der Waals surface area (Å²) in [5.41, 5.74) is 2.63. The number of carbonyl (C=O) groups excluding carboxylic acids is 1. The van der Waals surface area contributed by atoms with E-state index in [9.17, 15) is 9.18 Å². The molecule has 0 radical (unpaired) electrons. The second-order valence-corrected chi connectivity index (χ2v) is 6.75. The van der Waals surface area contributed by atoms with Gasteiger partial charge < -0.3 is 9.64 Å². The van der Waals surface area contributed by atoms with Crippen molar-refractivity contribution in [2.45, 2.75) is 32.7 Å². The van der Waals surface area contributed by atoms with E-state index >= 15 is 0 Å². The molecule has 0 spiro atoms. The maximum atomic E-state index is 13.2. The first-order valence-electron chi connectivity index (χ1n) is 8.52. The number of hydrogen-bond donors (Lipinski definition) is 0. The Bertz CT molecular complexity index is 766. The van der Waals surface area contributed by atoms with Crippen LogP contribution in [0.1, 0.15) is 35.8 Å². The molecule has 0 N–H and O–H groups in total. The van der Waals surface area contributed by atoms with Crippen molar-refractivity contribution in [3.63, 3.8) is 0 Å². The minimum absolute atomic E-state index is 0.0334. The molecule has 1 aromatic carbocycles. The Kier molecular flexibility index (Phi) is 4.79. The number of ether oxygens (including phenoxy) is 1. The molecule has 1 aliphatic rings. The van der Waals surface area contributed by atoms with Crippen LogP contribution < -0.4 is 4.74 Å². The highest BCUT2D eigenvalue weighted by molar-refractivity contribution is 5.78. The molecular weight excluding hydrogens is 321 g/mol. The average molecular weight is 345 g/mol. The SMILES string of the molecule is Cc1nn(C)c(C)c1OCC(=O)N(C)[C@H](c1ccc(F)cc1)C1CC1. The molecule has 1 heterocycles. The third-order valence-electron chi connectivity index (χ3n) is 4.87. The summed E-state index contributed by atoms with van der Waals surface area (Å²) in [5.74, 6) is 0.734. The minimum Gasteiger partial charge on any atom is -0.480 e. The number of carbonyl (C=O) groups is 1. The Morgan fingerprint density at radius 3 is 2.52 bits per heavy atom. The van der Waals surface area contributed by atoms with Crippen LogP contribution in [0.25, 0.3) is 0 Å². The highest BCUT2D eigenvalue weighted by Gasteiger charge is 2.37. The molecule has 0 bridgehead atoms. The molecule has 1 amide bonds. The monoisotopic (exact) mass is 345 g/mol. The topological polar surface area (TPSA) is 47.4 Å². The van der Waals surface area contributed by atoms with Gasteiger partial charge in [-0.15, -0.1) is 0 Å². The van der Waals surface area contributed by atoms with Crippen molar-refractivity contribution in [1.82, 2.24) is 14.7 Å². The van der Waals surface area contributed by atoms with Crippen molar-refractivity contribution in [1.29, 1.82) is 0 Å². The zero-order chi connectivity index (χ0) is 18.1. The molecule has 5 nitrogen and oxygen atoms in total. The molecule has 1 saturated carbocycles. The van der Waals surface area contributed by atoms with Gasteiger partial charge in [0.05, 0.1) is 11.7 Å². The van der Waals surface area contributed by atoms with E-state index in [-0.39, 0.29) is 24.4 Å². The zero-order valence-electron chi connectivity index (χ0n) is 15.1. The third-order valence-corrected chi connectivity index (χ3v) is 4.87. The first-order chi connectivity index (χ1) is 11.9. The lowest BCUT2D eigenvalue weighted by molar-refractivity contribution is -0.134. The van der Waals surface area contributed by atoms with Crippen LogP contribution in [0.2, 0.25) is 0 Å². The lowest BCUT2D eigenvalue weighted by Crippen LogP contribution is -2.36. The molecule has 6 heteroatoms. The number of hydrogen-bond acceptors (Lipinski definition) is 3. The van der Waals surface area contributed by atoms with Crippen LogP contribution in [-0.4, -0.2) is 34.2 Å². The summed E-state index contributed by atoms with van der Waals surface area (Å²) in [6.45, 7) is 3.74. The molecule has 1 atom stereocenters. The predicted molar refractivity (Wildman–Crippen MR) is 92.8 cm³/mol. The van der Waals surface area contributed by atoms with Gasteiger partial charge in [-0.1, -0.05) is 12.1 Å². The summed E-state index contributed by atoms with van der Waals surface area (Å²) in [5, 5.41) is 4.29. The van der Waals surface area contributed by atoms with Crippen LogP contribution in [0.5, 0.6) is 5.75 Å². The van der Waals surface area contributed by atoms with Crippen LogP contribution >= 0.6 is 0 Å². The van der Waals surface area contributed by atoms with E-state index in [1.54, 1.807) is 28.8 Å². The van der Waals surface area contributed by atoms with Crippen molar-refractivity contribution < 1.29 is 13.9 Å². The van der Waals surface area contributed by atoms with Crippen molar-refractivity contribution in [2.75, 3.05) is 13.7 Å². The lowest BCUT2D eigenvalue weighted by Gasteiger charge is -2.29. The largest absolute Gasteiger partial charge is 0.480 e. The number of likely N-dealkylation sites (N-methyl/N-ethyl adjacent to an activating group) is 1. The highest BCUT2D eigenvalue weighted by atomic mass is 19.1. The van der Waals surface area contributed by atoms with E-state index < -0.39 is 0 Å². The summed E-state index contributed by atoms with van der Waals surface area (Å²) >= 11 is 0. The quantitative estimate of drug-likeness (QED) is 0.808. The molecule has 25 heavy (non-hydrogen) atoms. The number of benzene rings is 1. The molecule has 0 saturated heterocycles. The van der Waals surface area contributed by atoms with Crippen LogP contribution in [0.4, 0.5) is 4.39 Å². The normalized spacial score (nSPS) is 15.1. The molecular formula is C19H24FN3O2. The van der Waals surface area contributed by atoms with E-state index in [1.807, 2.05) is 20.9 Å². The molecule has 134 valence electrons. The van der Waals surface area contributed by atoms with E-state index in [4.69, 9.17) is 4.74 Å². The maximum absolute atomic E-state index is 13.2.